The average Bonchev–Trinajstić information content (AvgIpc) is 3.74. The maximum atomic E-state index is 14.4. The van der Waals surface area contributed by atoms with Crippen LogP contribution in [0.4, 0.5) is 0 Å². The quantitative estimate of drug-likeness (QED) is 0.0983. The van der Waals surface area contributed by atoms with E-state index in [1.54, 1.807) is 11.3 Å². The number of esters is 1. The van der Waals surface area contributed by atoms with Crippen LogP contribution in [0.3, 0.4) is 0 Å². The summed E-state index contributed by atoms with van der Waals surface area (Å²) < 4.78 is 14.4. The lowest BCUT2D eigenvalue weighted by atomic mass is 9.35. The lowest BCUT2D eigenvalue weighted by Gasteiger charge is -2.74. The van der Waals surface area contributed by atoms with Crippen LogP contribution in [-0.4, -0.2) is 90.7 Å². The van der Waals surface area contributed by atoms with Crippen LogP contribution >= 0.6 is 22.9 Å². The Labute approximate surface area is 365 Å². The number of amides is 1. The number of aliphatic hydroxyl groups is 3. The minimum absolute atomic E-state index is 0.0196. The summed E-state index contributed by atoms with van der Waals surface area (Å²) in [5, 5.41) is 49.6. The van der Waals surface area contributed by atoms with E-state index in [9.17, 15) is 29.7 Å². The molecule has 3 aromatic rings. The summed E-state index contributed by atoms with van der Waals surface area (Å²) in [7, 11) is 0. The van der Waals surface area contributed by atoms with Gasteiger partial charge < -0.3 is 30.1 Å². The highest BCUT2D eigenvalue weighted by Crippen LogP contribution is 2.77. The monoisotopic (exact) mass is 873 g/mol. The molecule has 5 heterocycles. The van der Waals surface area contributed by atoms with Crippen LogP contribution in [0.25, 0.3) is 5.00 Å². The van der Waals surface area contributed by atoms with E-state index < -0.39 is 75.9 Å². The number of hydrogen-bond donors (Lipinski definition) is 4. The molecule has 4 N–H and O–H groups in total. The van der Waals surface area contributed by atoms with Gasteiger partial charge in [0.25, 0.3) is 0 Å². The van der Waals surface area contributed by atoms with Gasteiger partial charge in [-0.15, -0.1) is 21.5 Å². The molecule has 4 saturated carbocycles. The number of nitrogens with zero attached hydrogens (tertiary/aromatic N) is 4. The molecule has 2 aromatic heterocycles. The molecule has 2 spiro atoms. The summed E-state index contributed by atoms with van der Waals surface area (Å²) in [6.45, 7) is 14.7. The first-order valence-corrected chi connectivity index (χ1v) is 23.0. The van der Waals surface area contributed by atoms with Crippen LogP contribution < -0.4 is 5.32 Å². The summed E-state index contributed by atoms with van der Waals surface area (Å²) in [6, 6.07) is 7.00. The second kappa shape index (κ2) is 15.2. The number of ketones is 1. The highest BCUT2D eigenvalue weighted by atomic mass is 35.5. The van der Waals surface area contributed by atoms with Crippen molar-refractivity contribution in [1.29, 1.82) is 0 Å². The Balaban J connectivity index is 0.815. The van der Waals surface area contributed by atoms with E-state index in [1.165, 1.54) is 4.88 Å². The predicted molar refractivity (Wildman–Crippen MR) is 229 cm³/mol. The molecular formula is C46H56ClN5O8S. The molecule has 10 rings (SSSR count). The number of benzene rings is 1. The van der Waals surface area contributed by atoms with Crippen LogP contribution in [0.5, 0.6) is 0 Å². The van der Waals surface area contributed by atoms with Gasteiger partial charge >= 0.3 is 5.97 Å². The van der Waals surface area contributed by atoms with Crippen molar-refractivity contribution < 1.29 is 39.2 Å². The number of aliphatic hydroxyl groups excluding tert-OH is 2. The molecule has 0 radical (unpaired) electrons. The second-order valence-electron chi connectivity index (χ2n) is 19.1. The van der Waals surface area contributed by atoms with Gasteiger partial charge in [0.2, 0.25) is 11.7 Å². The van der Waals surface area contributed by atoms with Crippen LogP contribution in [0.1, 0.15) is 117 Å². The summed E-state index contributed by atoms with van der Waals surface area (Å²) in [5.41, 5.74) is 0.933. The number of aromatic nitrogens is 3. The molecule has 7 aliphatic rings. The lowest BCUT2D eigenvalue weighted by Crippen LogP contribution is -2.85. The maximum Gasteiger partial charge on any atom is 0.306 e. The van der Waals surface area contributed by atoms with E-state index in [0.29, 0.717) is 62.3 Å². The van der Waals surface area contributed by atoms with Crippen molar-refractivity contribution in [1.82, 2.24) is 20.1 Å². The standard InChI is InChI=1S/C46H56ClN5O8S/c1-23-25(3)61-42-35(23)36(27-12-14-28(47)15-13-27)49-30(41-51-50-26(4)52(41)42)21-33(54)48-20-10-8-7-9-11-34(55)60-40-29-16-17-31-44-22-59-46(58,45(31,40)38(56)24(29)2)39(57)37(44)43(5,6)19-18-32(44)53/h12-15,29-32,37,39-40,53,57-58H,2,7-11,16-22H2,1,3-6H3,(H,48,54)/t29-,30-,31-,32-,37+,39-,40+,44+,45-,46+/m0/s1. The van der Waals surface area contributed by atoms with Crippen molar-refractivity contribution in [3.8, 4) is 5.00 Å². The number of aryl methyl sites for hydroxylation is 2. The van der Waals surface area contributed by atoms with Gasteiger partial charge in [0.15, 0.2) is 11.6 Å². The van der Waals surface area contributed by atoms with Crippen LogP contribution in [0, 0.1) is 54.8 Å². The fourth-order valence-electron chi connectivity index (χ4n) is 12.6. The molecule has 0 unspecified atom stereocenters. The van der Waals surface area contributed by atoms with E-state index in [2.05, 4.69) is 35.9 Å². The average molecular weight is 875 g/mol. The molecule has 13 nitrogen and oxygen atoms in total. The van der Waals surface area contributed by atoms with Gasteiger partial charge in [-0.25, -0.2) is 0 Å². The number of carbonyl (C=O) groups excluding carboxylic acids is 3. The minimum atomic E-state index is -2.29. The van der Waals surface area contributed by atoms with E-state index in [0.717, 1.165) is 39.6 Å². The fourth-order valence-corrected chi connectivity index (χ4v) is 13.9. The molecule has 4 bridgehead atoms. The number of aliphatic imine (C=N–C) groups is 1. The smallest absolute Gasteiger partial charge is 0.306 e. The van der Waals surface area contributed by atoms with Gasteiger partial charge in [-0.3, -0.25) is 23.9 Å². The Morgan fingerprint density at radius 2 is 1.80 bits per heavy atom. The van der Waals surface area contributed by atoms with Crippen LogP contribution in [0.2, 0.25) is 5.02 Å². The summed E-state index contributed by atoms with van der Waals surface area (Å²) in [5.74, 6) is -3.59. The predicted octanol–water partition coefficient (Wildman–Crippen LogP) is 6.20. The number of nitrogens with one attached hydrogen (secondary N) is 1. The Hall–Kier alpha value is -3.79. The third-order valence-corrected chi connectivity index (χ3v) is 16.9. The number of unbranched alkanes of at least 4 members (excludes halogenated alkanes) is 3. The molecule has 1 aromatic carbocycles. The number of ether oxygens (including phenoxy) is 2. The van der Waals surface area contributed by atoms with Gasteiger partial charge in [-0.1, -0.05) is 57.0 Å². The van der Waals surface area contributed by atoms with E-state index >= 15 is 0 Å². The molecule has 61 heavy (non-hydrogen) atoms. The number of fused-ring (bicyclic) bond motifs is 5. The molecule has 15 heteroatoms. The first kappa shape index (κ1) is 42.5. The van der Waals surface area contributed by atoms with Crippen LogP contribution in [-0.2, 0) is 23.9 Å². The maximum absolute atomic E-state index is 14.4. The molecule has 4 aliphatic carbocycles. The fraction of sp³-hybridized carbons (Fsp3) is 0.609. The number of rotatable bonds is 11. The van der Waals surface area contributed by atoms with Gasteiger partial charge in [0.1, 0.15) is 34.5 Å². The first-order chi connectivity index (χ1) is 29.0. The molecule has 3 aliphatic heterocycles. The molecule has 10 atom stereocenters. The third-order valence-electron chi connectivity index (χ3n) is 15.5. The van der Waals surface area contributed by atoms with E-state index in [-0.39, 0.29) is 30.9 Å². The van der Waals surface area contributed by atoms with Crippen molar-refractivity contribution in [2.75, 3.05) is 13.2 Å². The lowest BCUT2D eigenvalue weighted by molar-refractivity contribution is -0.458. The van der Waals surface area contributed by atoms with Crippen molar-refractivity contribution >= 4 is 46.3 Å². The third kappa shape index (κ3) is 6.13. The number of Topliss-reactive ketones (excluding diaryl/α,β-unsaturated/α-hetero) is 1. The summed E-state index contributed by atoms with van der Waals surface area (Å²) >= 11 is 7.90. The summed E-state index contributed by atoms with van der Waals surface area (Å²) in [4.78, 5) is 47.8. The number of thiophene rings is 1. The Bertz CT molecular complexity index is 2340. The van der Waals surface area contributed by atoms with E-state index in [1.807, 2.05) is 49.6 Å². The molecular weight excluding hydrogens is 818 g/mol. The molecule has 1 amide bonds. The zero-order valence-electron chi connectivity index (χ0n) is 35.5. The highest BCUT2D eigenvalue weighted by molar-refractivity contribution is 7.15. The molecule has 6 fully saturated rings. The zero-order valence-corrected chi connectivity index (χ0v) is 37.1. The molecule has 2 saturated heterocycles. The second-order valence-corrected chi connectivity index (χ2v) is 20.7. The minimum Gasteiger partial charge on any atom is -0.460 e. The van der Waals surface area contributed by atoms with E-state index in [4.69, 9.17) is 26.1 Å². The number of hydrogen-bond acceptors (Lipinski definition) is 12. The van der Waals surface area contributed by atoms with Gasteiger partial charge in [-0.05, 0) is 93.9 Å². The van der Waals surface area contributed by atoms with Crippen molar-refractivity contribution in [3.63, 3.8) is 0 Å². The number of halogens is 1. The number of carbonyl (C=O) groups is 3. The normalized spacial score (nSPS) is 34.2. The first-order valence-electron chi connectivity index (χ1n) is 21.8. The van der Waals surface area contributed by atoms with Gasteiger partial charge in [0, 0.05) is 51.2 Å². The Morgan fingerprint density at radius 1 is 1.07 bits per heavy atom. The Kier molecular flexibility index (Phi) is 10.6. The highest BCUT2D eigenvalue weighted by Gasteiger charge is 2.87. The summed E-state index contributed by atoms with van der Waals surface area (Å²) in [6.07, 6.45) is 1.70. The largest absolute Gasteiger partial charge is 0.460 e. The van der Waals surface area contributed by atoms with Crippen molar-refractivity contribution in [2.45, 2.75) is 129 Å². The zero-order chi connectivity index (χ0) is 43.4. The SMILES string of the molecule is C=C1C(=O)[C@]23[C@H](OC(=O)CCCCCCNC(=O)C[C@@H]4N=C(c5ccc(Cl)cc5)c5c(sc(C)c5C)-n5c(C)nnc54)[C@H]1CC[C@H]2[C@@]12CO[C@]3(O)[C@@H](O)[C@@H]1C(C)(C)CC[C@@H]2O. The molecule has 326 valence electrons. The topological polar surface area (TPSA) is 185 Å². The van der Waals surface area contributed by atoms with Crippen molar-refractivity contribution in [2.24, 2.45) is 39.0 Å². The Morgan fingerprint density at radius 3 is 2.56 bits per heavy atom. The van der Waals surface area contributed by atoms with Crippen molar-refractivity contribution in [3.05, 3.63) is 74.7 Å². The van der Waals surface area contributed by atoms with Gasteiger partial charge in [0.05, 0.1) is 24.8 Å². The van der Waals surface area contributed by atoms with Crippen LogP contribution in [0.15, 0.2) is 41.4 Å². The van der Waals surface area contributed by atoms with Gasteiger partial charge in [-0.2, -0.15) is 0 Å².